The Kier molecular flexibility index (Phi) is 5.30. The molecule has 0 saturated carbocycles. The molecule has 4 aromatic rings. The summed E-state index contributed by atoms with van der Waals surface area (Å²) in [5.41, 5.74) is -0.452. The van der Waals surface area contributed by atoms with Crippen molar-refractivity contribution in [1.29, 1.82) is 0 Å². The molecule has 0 unspecified atom stereocenters. The molecule has 0 heterocycles. The Bertz CT molecular complexity index is 1610. The van der Waals surface area contributed by atoms with Crippen molar-refractivity contribution >= 4 is 53.4 Å². The lowest BCUT2D eigenvalue weighted by atomic mass is 10.1. The monoisotopic (exact) mass is 474 g/mol. The van der Waals surface area contributed by atoms with Crippen LogP contribution < -0.4 is 4.18 Å². The van der Waals surface area contributed by atoms with Crippen LogP contribution in [0.25, 0.3) is 21.5 Å². The van der Waals surface area contributed by atoms with Gasteiger partial charge in [0.05, 0.1) is 0 Å². The predicted molar refractivity (Wildman–Crippen MR) is 116 cm³/mol. The van der Waals surface area contributed by atoms with Crippen molar-refractivity contribution in [3.63, 3.8) is 0 Å². The van der Waals surface area contributed by atoms with Gasteiger partial charge in [0, 0.05) is 22.2 Å². The van der Waals surface area contributed by atoms with Crippen molar-refractivity contribution in [1.82, 2.24) is 0 Å². The maximum absolute atomic E-state index is 11.9. The molecule has 0 aromatic heterocycles. The van der Waals surface area contributed by atoms with E-state index >= 15 is 0 Å². The molecule has 0 atom stereocenters. The van der Waals surface area contributed by atoms with Crippen molar-refractivity contribution in [2.75, 3.05) is 0 Å². The summed E-state index contributed by atoms with van der Waals surface area (Å²) < 4.78 is 69.5. The standard InChI is InChI=1S/C20H14N2O8S2/c23-20-15-8-4-3-7-14(15)17(30-32(27,28)29)11-16(20)21-22-19-13-6-2-1-5-12(13)9-10-18(19)31(24,25)26/h1-11,23H,(H,24,25,26)(H,27,28,29). The largest absolute Gasteiger partial charge is 0.505 e. The summed E-state index contributed by atoms with van der Waals surface area (Å²) in [5, 5.41) is 19.7. The predicted octanol–water partition coefficient (Wildman–Crippen LogP) is 4.54. The molecule has 0 spiro atoms. The number of azo groups is 1. The van der Waals surface area contributed by atoms with Crippen LogP contribution in [0.2, 0.25) is 0 Å². The fraction of sp³-hybridized carbons (Fsp3) is 0. The lowest BCUT2D eigenvalue weighted by molar-refractivity contribution is 0.388. The Hall–Kier alpha value is -3.58. The molecule has 0 amide bonds. The Balaban J connectivity index is 1.96. The molecular formula is C20H14N2O8S2. The maximum atomic E-state index is 11.9. The van der Waals surface area contributed by atoms with E-state index in [1.807, 2.05) is 0 Å². The lowest BCUT2D eigenvalue weighted by Gasteiger charge is -2.10. The quantitative estimate of drug-likeness (QED) is 0.280. The topological polar surface area (TPSA) is 163 Å². The van der Waals surface area contributed by atoms with Gasteiger partial charge < -0.3 is 9.29 Å². The average molecular weight is 474 g/mol. The van der Waals surface area contributed by atoms with Crippen molar-refractivity contribution < 1.29 is 35.2 Å². The Morgan fingerprint density at radius 1 is 0.750 bits per heavy atom. The third-order valence-electron chi connectivity index (χ3n) is 4.55. The molecule has 0 aliphatic heterocycles. The molecule has 164 valence electrons. The van der Waals surface area contributed by atoms with E-state index in [1.54, 1.807) is 36.4 Å². The summed E-state index contributed by atoms with van der Waals surface area (Å²) in [6.07, 6.45) is 0. The molecule has 0 bridgehead atoms. The Morgan fingerprint density at radius 3 is 2.03 bits per heavy atom. The van der Waals surface area contributed by atoms with Crippen LogP contribution in [0.5, 0.6) is 11.5 Å². The molecule has 3 N–H and O–H groups in total. The second-order valence-electron chi connectivity index (χ2n) is 6.61. The first-order valence-electron chi connectivity index (χ1n) is 8.87. The van der Waals surface area contributed by atoms with Gasteiger partial charge in [-0.3, -0.25) is 9.11 Å². The summed E-state index contributed by atoms with van der Waals surface area (Å²) >= 11 is 0. The minimum atomic E-state index is -4.89. The normalized spacial score (nSPS) is 12.6. The number of nitrogens with zero attached hydrogens (tertiary/aromatic N) is 2. The van der Waals surface area contributed by atoms with Crippen molar-refractivity contribution in [3.05, 3.63) is 66.7 Å². The highest BCUT2D eigenvalue weighted by molar-refractivity contribution is 7.86. The van der Waals surface area contributed by atoms with E-state index in [2.05, 4.69) is 14.4 Å². The van der Waals surface area contributed by atoms with Gasteiger partial charge in [-0.1, -0.05) is 54.6 Å². The molecular weight excluding hydrogens is 460 g/mol. The molecule has 32 heavy (non-hydrogen) atoms. The van der Waals surface area contributed by atoms with Crippen LogP contribution in [-0.2, 0) is 20.5 Å². The average Bonchev–Trinajstić information content (AvgIpc) is 2.73. The van der Waals surface area contributed by atoms with Gasteiger partial charge in [0.1, 0.15) is 16.3 Å². The first kappa shape index (κ1) is 21.6. The molecule has 0 saturated heterocycles. The fourth-order valence-corrected chi connectivity index (χ4v) is 4.22. The number of phenols is 1. The first-order chi connectivity index (χ1) is 15.0. The molecule has 0 aliphatic carbocycles. The number of rotatable bonds is 5. The molecule has 4 aromatic carbocycles. The Labute approximate surface area is 182 Å². The summed E-state index contributed by atoms with van der Waals surface area (Å²) in [4.78, 5) is -0.505. The summed E-state index contributed by atoms with van der Waals surface area (Å²) in [7, 11) is -9.55. The van der Waals surface area contributed by atoms with Gasteiger partial charge in [-0.2, -0.15) is 16.8 Å². The van der Waals surface area contributed by atoms with Crippen molar-refractivity contribution in [2.24, 2.45) is 10.2 Å². The van der Waals surface area contributed by atoms with Gasteiger partial charge in [-0.25, -0.2) is 0 Å². The van der Waals surface area contributed by atoms with E-state index < -0.39 is 25.4 Å². The van der Waals surface area contributed by atoms with Gasteiger partial charge in [0.15, 0.2) is 11.5 Å². The van der Waals surface area contributed by atoms with Crippen LogP contribution in [0, 0.1) is 0 Å². The van der Waals surface area contributed by atoms with Crippen molar-refractivity contribution in [2.45, 2.75) is 4.90 Å². The molecule has 0 radical (unpaired) electrons. The van der Waals surface area contributed by atoms with E-state index in [4.69, 9.17) is 4.55 Å². The van der Waals surface area contributed by atoms with Gasteiger partial charge in [-0.15, -0.1) is 10.2 Å². The lowest BCUT2D eigenvalue weighted by Crippen LogP contribution is -2.06. The van der Waals surface area contributed by atoms with Gasteiger partial charge >= 0.3 is 10.4 Å². The zero-order valence-electron chi connectivity index (χ0n) is 15.9. The number of fused-ring (bicyclic) bond motifs is 2. The number of benzene rings is 4. The van der Waals surface area contributed by atoms with Crippen LogP contribution >= 0.6 is 0 Å². The highest BCUT2D eigenvalue weighted by Gasteiger charge is 2.20. The third kappa shape index (κ3) is 4.24. The van der Waals surface area contributed by atoms with E-state index in [0.717, 1.165) is 6.07 Å². The minimum absolute atomic E-state index is 0.149. The second-order valence-corrected chi connectivity index (χ2v) is 9.02. The summed E-state index contributed by atoms with van der Waals surface area (Å²) in [5.74, 6) is -0.719. The van der Waals surface area contributed by atoms with Crippen LogP contribution in [0.3, 0.4) is 0 Å². The van der Waals surface area contributed by atoms with E-state index in [-0.39, 0.29) is 33.6 Å². The number of hydrogen-bond donors (Lipinski definition) is 3. The van der Waals surface area contributed by atoms with Crippen LogP contribution in [0.1, 0.15) is 0 Å². The smallest absolute Gasteiger partial charge is 0.446 e. The first-order valence-corrected chi connectivity index (χ1v) is 11.7. The number of hydrogen-bond acceptors (Lipinski definition) is 8. The van der Waals surface area contributed by atoms with Gasteiger partial charge in [0.25, 0.3) is 10.1 Å². The molecule has 4 rings (SSSR count). The van der Waals surface area contributed by atoms with E-state index in [0.29, 0.717) is 10.8 Å². The Morgan fingerprint density at radius 2 is 1.38 bits per heavy atom. The van der Waals surface area contributed by atoms with Gasteiger partial charge in [-0.05, 0) is 11.5 Å². The summed E-state index contributed by atoms with van der Waals surface area (Å²) in [6.45, 7) is 0. The zero-order valence-corrected chi connectivity index (χ0v) is 17.6. The SMILES string of the molecule is O=S(=O)(O)Oc1cc(N=Nc2c(S(=O)(=O)O)ccc3ccccc23)c(O)c2ccccc12. The number of aromatic hydroxyl groups is 1. The van der Waals surface area contributed by atoms with Crippen LogP contribution in [0.15, 0.2) is 81.9 Å². The van der Waals surface area contributed by atoms with Crippen LogP contribution in [0.4, 0.5) is 11.4 Å². The highest BCUT2D eigenvalue weighted by Crippen LogP contribution is 2.42. The zero-order chi connectivity index (χ0) is 23.1. The number of phenolic OH excluding ortho intramolecular Hbond substituents is 1. The van der Waals surface area contributed by atoms with E-state index in [9.17, 15) is 26.5 Å². The maximum Gasteiger partial charge on any atom is 0.446 e. The summed E-state index contributed by atoms with van der Waals surface area (Å²) in [6, 6.07) is 16.4. The second kappa shape index (κ2) is 7.84. The van der Waals surface area contributed by atoms with E-state index in [1.165, 1.54) is 24.3 Å². The molecule has 10 nitrogen and oxygen atoms in total. The molecule has 12 heteroatoms. The fourth-order valence-electron chi connectivity index (χ4n) is 3.22. The minimum Gasteiger partial charge on any atom is -0.505 e. The molecule has 0 aliphatic rings. The van der Waals surface area contributed by atoms with Crippen LogP contribution in [-0.4, -0.2) is 31.0 Å². The molecule has 0 fully saturated rings. The third-order valence-corrected chi connectivity index (χ3v) is 5.83. The van der Waals surface area contributed by atoms with Gasteiger partial charge in [0.2, 0.25) is 0 Å². The highest BCUT2D eigenvalue weighted by atomic mass is 32.3. The van der Waals surface area contributed by atoms with Crippen molar-refractivity contribution in [3.8, 4) is 11.5 Å².